The number of fused-ring (bicyclic) bond motifs is 5. The Morgan fingerprint density at radius 2 is 1.96 bits per heavy atom. The van der Waals surface area contributed by atoms with E-state index >= 15 is 0 Å². The molecule has 0 spiro atoms. The van der Waals surface area contributed by atoms with Gasteiger partial charge in [0.1, 0.15) is 5.78 Å². The van der Waals surface area contributed by atoms with E-state index in [0.29, 0.717) is 19.3 Å². The Labute approximate surface area is 136 Å². The van der Waals surface area contributed by atoms with Gasteiger partial charge in [-0.2, -0.15) is 0 Å². The van der Waals surface area contributed by atoms with E-state index in [2.05, 4.69) is 13.0 Å². The zero-order valence-corrected chi connectivity index (χ0v) is 13.9. The molecule has 3 saturated carbocycles. The van der Waals surface area contributed by atoms with E-state index in [1.807, 2.05) is 19.1 Å². The van der Waals surface area contributed by atoms with Crippen LogP contribution in [0.25, 0.3) is 0 Å². The molecule has 0 aromatic heterocycles. The van der Waals surface area contributed by atoms with Crippen molar-refractivity contribution in [2.45, 2.75) is 57.8 Å². The number of rotatable bonds is 0. The number of allylic oxidation sites excluding steroid dienone is 2. The van der Waals surface area contributed by atoms with Crippen LogP contribution in [0.3, 0.4) is 0 Å². The van der Waals surface area contributed by atoms with Gasteiger partial charge in [0.2, 0.25) is 0 Å². The minimum atomic E-state index is -1.65. The maximum atomic E-state index is 14.9. The fourth-order valence-corrected chi connectivity index (χ4v) is 6.05. The van der Waals surface area contributed by atoms with Gasteiger partial charge in [0.15, 0.2) is 5.79 Å². The van der Waals surface area contributed by atoms with Gasteiger partial charge in [-0.05, 0) is 37.5 Å². The number of aliphatic hydroxyl groups is 1. The van der Waals surface area contributed by atoms with E-state index in [9.17, 15) is 14.3 Å². The summed E-state index contributed by atoms with van der Waals surface area (Å²) in [7, 11) is 0. The Kier molecular flexibility index (Phi) is 3.07. The van der Waals surface area contributed by atoms with Gasteiger partial charge in [-0.1, -0.05) is 37.6 Å². The molecule has 4 aliphatic carbocycles. The standard InChI is InChI=1S/C19H26FNO2/c1-17-6-3-12(22)9-11(17)10-15(23)16-13(17)4-7-18(2)14(16)5-8-19(18,20)21/h3,6,9,12-14,16,22H,4-5,7-8,10,21H2,1-2H3/t12?,13-,14+,16-,17+,18+,19?/m1/s1. The molecule has 4 rings (SSSR count). The molecule has 0 aromatic carbocycles. The van der Waals surface area contributed by atoms with Gasteiger partial charge in [0, 0.05) is 23.2 Å². The highest BCUT2D eigenvalue weighted by atomic mass is 19.1. The predicted octanol–water partition coefficient (Wildman–Crippen LogP) is 2.89. The van der Waals surface area contributed by atoms with Crippen molar-refractivity contribution in [2.75, 3.05) is 0 Å². The number of Topliss-reactive ketones (excluding diaryl/α,β-unsaturated/α-hetero) is 1. The molecule has 23 heavy (non-hydrogen) atoms. The smallest absolute Gasteiger partial charge is 0.164 e. The minimum absolute atomic E-state index is 0.0439. The molecule has 0 radical (unpaired) electrons. The van der Waals surface area contributed by atoms with Crippen LogP contribution in [0.4, 0.5) is 4.39 Å². The molecule has 0 saturated heterocycles. The zero-order valence-electron chi connectivity index (χ0n) is 13.9. The molecular weight excluding hydrogens is 293 g/mol. The Morgan fingerprint density at radius 1 is 1.26 bits per heavy atom. The summed E-state index contributed by atoms with van der Waals surface area (Å²) < 4.78 is 14.9. The van der Waals surface area contributed by atoms with E-state index in [4.69, 9.17) is 5.73 Å². The van der Waals surface area contributed by atoms with Crippen molar-refractivity contribution >= 4 is 5.78 Å². The largest absolute Gasteiger partial charge is 0.385 e. The third kappa shape index (κ3) is 1.85. The first-order chi connectivity index (χ1) is 10.7. The first-order valence-electron chi connectivity index (χ1n) is 8.78. The number of ketones is 1. The molecular formula is C19H26FNO2. The van der Waals surface area contributed by atoms with Crippen LogP contribution in [0.5, 0.6) is 0 Å². The molecule has 7 atom stereocenters. The highest BCUT2D eigenvalue weighted by Crippen LogP contribution is 2.65. The normalized spacial score (nSPS) is 55.0. The maximum Gasteiger partial charge on any atom is 0.164 e. The number of hydrogen-bond donors (Lipinski definition) is 2. The predicted molar refractivity (Wildman–Crippen MR) is 86.0 cm³/mol. The van der Waals surface area contributed by atoms with Gasteiger partial charge in [-0.25, -0.2) is 4.39 Å². The van der Waals surface area contributed by atoms with E-state index in [-0.39, 0.29) is 29.0 Å². The van der Waals surface area contributed by atoms with Gasteiger partial charge in [0.05, 0.1) is 6.10 Å². The van der Waals surface area contributed by atoms with Gasteiger partial charge in [-0.3, -0.25) is 10.5 Å². The van der Waals surface area contributed by atoms with E-state index in [0.717, 1.165) is 18.4 Å². The number of nitrogens with two attached hydrogens (primary N) is 1. The average Bonchev–Trinajstić information content (AvgIpc) is 2.72. The van der Waals surface area contributed by atoms with E-state index in [1.54, 1.807) is 0 Å². The highest BCUT2D eigenvalue weighted by molar-refractivity contribution is 5.86. The maximum absolute atomic E-state index is 14.9. The molecule has 3 nitrogen and oxygen atoms in total. The Hall–Kier alpha value is -1.00. The number of halogens is 1. The Bertz CT molecular complexity index is 625. The summed E-state index contributed by atoms with van der Waals surface area (Å²) in [5.41, 5.74) is 6.25. The summed E-state index contributed by atoms with van der Waals surface area (Å²) in [6.07, 6.45) is 8.15. The molecule has 126 valence electrons. The summed E-state index contributed by atoms with van der Waals surface area (Å²) in [4.78, 5) is 12.9. The van der Waals surface area contributed by atoms with Crippen molar-refractivity contribution in [3.8, 4) is 0 Å². The minimum Gasteiger partial charge on any atom is -0.385 e. The van der Waals surface area contributed by atoms with Crippen LogP contribution < -0.4 is 5.73 Å². The van der Waals surface area contributed by atoms with Crippen LogP contribution in [0.15, 0.2) is 23.8 Å². The molecule has 0 heterocycles. The van der Waals surface area contributed by atoms with Crippen LogP contribution in [-0.4, -0.2) is 22.8 Å². The van der Waals surface area contributed by atoms with Gasteiger partial charge in [-0.15, -0.1) is 0 Å². The van der Waals surface area contributed by atoms with Crippen LogP contribution in [-0.2, 0) is 4.79 Å². The molecule has 4 heteroatoms. The molecule has 4 aliphatic rings. The second-order valence-corrected chi connectivity index (χ2v) is 8.56. The van der Waals surface area contributed by atoms with Gasteiger partial charge in [0.25, 0.3) is 0 Å². The number of carbonyl (C=O) groups is 1. The number of aliphatic hydroxyl groups excluding tert-OH is 1. The zero-order chi connectivity index (χ0) is 16.6. The second-order valence-electron chi connectivity index (χ2n) is 8.56. The van der Waals surface area contributed by atoms with Crippen LogP contribution >= 0.6 is 0 Å². The van der Waals surface area contributed by atoms with Crippen LogP contribution in [0.1, 0.15) is 46.0 Å². The second kappa shape index (κ2) is 4.54. The lowest BCUT2D eigenvalue weighted by atomic mass is 9.47. The lowest BCUT2D eigenvalue weighted by Gasteiger charge is -2.56. The van der Waals surface area contributed by atoms with Crippen molar-refractivity contribution in [1.82, 2.24) is 0 Å². The summed E-state index contributed by atoms with van der Waals surface area (Å²) in [6.45, 7) is 4.12. The molecule has 3 fully saturated rings. The highest BCUT2D eigenvalue weighted by Gasteiger charge is 2.65. The Morgan fingerprint density at radius 3 is 2.70 bits per heavy atom. The SMILES string of the molecule is C[C@]12C=CC(O)C=C1CC(=O)[C@@H]1[C@H]2CC[C@@]2(C)[C@H]1CCC2(N)F. The lowest BCUT2D eigenvalue weighted by molar-refractivity contribution is -0.141. The first kappa shape index (κ1) is 15.5. The summed E-state index contributed by atoms with van der Waals surface area (Å²) in [6, 6.07) is 0. The van der Waals surface area contributed by atoms with Crippen LogP contribution in [0.2, 0.25) is 0 Å². The van der Waals surface area contributed by atoms with Crippen molar-refractivity contribution in [3.63, 3.8) is 0 Å². The quantitative estimate of drug-likeness (QED) is 0.533. The molecule has 3 N–H and O–H groups in total. The fraction of sp³-hybridized carbons (Fsp3) is 0.737. The molecule has 0 amide bonds. The van der Waals surface area contributed by atoms with E-state index in [1.165, 1.54) is 0 Å². The van der Waals surface area contributed by atoms with E-state index < -0.39 is 17.3 Å². The topological polar surface area (TPSA) is 63.3 Å². The first-order valence-corrected chi connectivity index (χ1v) is 8.78. The lowest BCUT2D eigenvalue weighted by Crippen LogP contribution is -2.58. The summed E-state index contributed by atoms with van der Waals surface area (Å²) >= 11 is 0. The number of carbonyl (C=O) groups excluding carboxylic acids is 1. The van der Waals surface area contributed by atoms with Crippen molar-refractivity contribution < 1.29 is 14.3 Å². The fourth-order valence-electron chi connectivity index (χ4n) is 6.05. The third-order valence-electron chi connectivity index (χ3n) is 7.64. The van der Waals surface area contributed by atoms with Gasteiger partial charge < -0.3 is 5.11 Å². The van der Waals surface area contributed by atoms with Gasteiger partial charge >= 0.3 is 0 Å². The summed E-state index contributed by atoms with van der Waals surface area (Å²) in [5, 5.41) is 9.86. The van der Waals surface area contributed by atoms with Crippen molar-refractivity contribution in [3.05, 3.63) is 23.8 Å². The van der Waals surface area contributed by atoms with Crippen LogP contribution in [0, 0.1) is 28.6 Å². The average molecular weight is 319 g/mol. The third-order valence-corrected chi connectivity index (χ3v) is 7.64. The summed E-state index contributed by atoms with van der Waals surface area (Å²) in [5.74, 6) is -1.29. The van der Waals surface area contributed by atoms with Crippen molar-refractivity contribution in [2.24, 2.45) is 34.3 Å². The number of hydrogen-bond acceptors (Lipinski definition) is 3. The molecule has 0 aliphatic heterocycles. The Balaban J connectivity index is 1.76. The molecule has 2 unspecified atom stereocenters. The molecule has 0 aromatic rings. The van der Waals surface area contributed by atoms with Crippen molar-refractivity contribution in [1.29, 1.82) is 0 Å². The number of alkyl halides is 1. The molecule has 0 bridgehead atoms. The monoisotopic (exact) mass is 319 g/mol.